The highest BCUT2D eigenvalue weighted by Crippen LogP contribution is 2.15. The number of halogens is 6. The van der Waals surface area contributed by atoms with Crippen molar-refractivity contribution in [3.05, 3.63) is 0 Å². The molecule has 0 atom stereocenters. The second-order valence-corrected chi connectivity index (χ2v) is 2.09. The zero-order valence-electron chi connectivity index (χ0n) is 6.71. The molecule has 0 heterocycles. The first-order valence-electron chi connectivity index (χ1n) is 3.33. The van der Waals surface area contributed by atoms with Crippen molar-refractivity contribution in [3.8, 4) is 0 Å². The van der Waals surface area contributed by atoms with Crippen LogP contribution in [0.1, 0.15) is 0 Å². The highest BCUT2D eigenvalue weighted by Gasteiger charge is 2.29. The van der Waals surface area contributed by atoms with Crippen LogP contribution in [-0.4, -0.2) is 32.3 Å². The molecule has 0 aliphatic carbocycles. The van der Waals surface area contributed by atoms with Gasteiger partial charge in [0.2, 0.25) is 0 Å². The van der Waals surface area contributed by atoms with Crippen LogP contribution in [0.25, 0.3) is 0 Å². The summed E-state index contributed by atoms with van der Waals surface area (Å²) < 4.78 is 71.2. The normalized spacial score (nSPS) is 13.3. The number of hydrogen-bond acceptors (Lipinski definition) is 3. The summed E-state index contributed by atoms with van der Waals surface area (Å²) in [7, 11) is 0. The van der Waals surface area contributed by atoms with Crippen LogP contribution < -0.4 is 5.48 Å². The number of rotatable bonds is 5. The molecule has 86 valence electrons. The average molecular weight is 227 g/mol. The van der Waals surface area contributed by atoms with Gasteiger partial charge in [0.25, 0.3) is 0 Å². The fourth-order valence-electron chi connectivity index (χ4n) is 0.413. The number of alkyl halides is 6. The third-order valence-electron chi connectivity index (χ3n) is 0.808. The van der Waals surface area contributed by atoms with Gasteiger partial charge in [-0.15, -0.1) is 13.2 Å². The van der Waals surface area contributed by atoms with Crippen LogP contribution in [0.5, 0.6) is 0 Å². The topological polar surface area (TPSA) is 30.5 Å². The van der Waals surface area contributed by atoms with Gasteiger partial charge in [0.05, 0.1) is 6.61 Å². The molecule has 0 saturated heterocycles. The lowest BCUT2D eigenvalue weighted by Crippen LogP contribution is -2.28. The van der Waals surface area contributed by atoms with Crippen molar-refractivity contribution in [3.63, 3.8) is 0 Å². The van der Waals surface area contributed by atoms with Crippen LogP contribution in [0.4, 0.5) is 26.3 Å². The molecule has 0 aliphatic rings. The lowest BCUT2D eigenvalue weighted by Gasteiger charge is -2.09. The first-order valence-corrected chi connectivity index (χ1v) is 3.33. The van der Waals surface area contributed by atoms with E-state index in [4.69, 9.17) is 0 Å². The van der Waals surface area contributed by atoms with Crippen molar-refractivity contribution in [1.82, 2.24) is 5.48 Å². The Labute approximate surface area is 74.9 Å². The van der Waals surface area contributed by atoms with Crippen molar-refractivity contribution in [2.75, 3.05) is 19.8 Å². The molecule has 9 heteroatoms. The quantitative estimate of drug-likeness (QED) is 0.439. The van der Waals surface area contributed by atoms with E-state index in [1.807, 2.05) is 0 Å². The number of ether oxygens (including phenoxy) is 1. The molecule has 0 saturated carbocycles. The standard InChI is InChI=1S/C5H7F6NO2/c6-4(7,8)3-14-12-1-2-13-5(9,10)11/h12H,1-3H2. The monoisotopic (exact) mass is 227 g/mol. The summed E-state index contributed by atoms with van der Waals surface area (Å²) in [6.45, 7) is -2.88. The molecule has 0 aliphatic heterocycles. The average Bonchev–Trinajstić information content (AvgIpc) is 1.92. The minimum atomic E-state index is -4.79. The minimum absolute atomic E-state index is 0.490. The van der Waals surface area contributed by atoms with Gasteiger partial charge in [0.1, 0.15) is 0 Å². The predicted octanol–water partition coefficient (Wildman–Crippen LogP) is 1.61. The van der Waals surface area contributed by atoms with Crippen molar-refractivity contribution < 1.29 is 35.9 Å². The lowest BCUT2D eigenvalue weighted by atomic mass is 10.7. The fourth-order valence-corrected chi connectivity index (χ4v) is 0.413. The molecule has 0 amide bonds. The maximum Gasteiger partial charge on any atom is 0.522 e. The molecule has 0 bridgehead atoms. The Morgan fingerprint density at radius 2 is 1.57 bits per heavy atom. The molecule has 0 aromatic rings. The van der Waals surface area contributed by atoms with Crippen LogP contribution in [0.2, 0.25) is 0 Å². The lowest BCUT2D eigenvalue weighted by molar-refractivity contribution is -0.325. The summed E-state index contributed by atoms with van der Waals surface area (Å²) in [4.78, 5) is 3.79. The molecular formula is C5H7F6NO2. The second-order valence-electron chi connectivity index (χ2n) is 2.09. The van der Waals surface area contributed by atoms with E-state index < -0.39 is 32.3 Å². The van der Waals surface area contributed by atoms with E-state index in [-0.39, 0.29) is 0 Å². The van der Waals surface area contributed by atoms with Crippen molar-refractivity contribution in [2.45, 2.75) is 12.5 Å². The molecule has 0 unspecified atom stereocenters. The minimum Gasteiger partial charge on any atom is -0.292 e. The van der Waals surface area contributed by atoms with Gasteiger partial charge in [0.15, 0.2) is 6.61 Å². The van der Waals surface area contributed by atoms with Gasteiger partial charge < -0.3 is 0 Å². The summed E-state index contributed by atoms with van der Waals surface area (Å²) in [5.74, 6) is 0. The van der Waals surface area contributed by atoms with E-state index in [1.54, 1.807) is 5.48 Å². The van der Waals surface area contributed by atoms with E-state index in [0.29, 0.717) is 0 Å². The summed E-state index contributed by atoms with van der Waals surface area (Å²) in [5, 5.41) is 0. The summed E-state index contributed by atoms with van der Waals surface area (Å²) in [5.41, 5.74) is 1.67. The smallest absolute Gasteiger partial charge is 0.292 e. The van der Waals surface area contributed by atoms with E-state index >= 15 is 0 Å². The Morgan fingerprint density at radius 1 is 1.00 bits per heavy atom. The molecule has 0 aromatic carbocycles. The molecule has 0 spiro atoms. The number of nitrogens with one attached hydrogen (secondary N) is 1. The van der Waals surface area contributed by atoms with Gasteiger partial charge in [-0.1, -0.05) is 0 Å². The SMILES string of the molecule is FC(F)(F)CONCCOC(F)(F)F. The highest BCUT2D eigenvalue weighted by molar-refractivity contribution is 4.43. The van der Waals surface area contributed by atoms with Crippen LogP contribution >= 0.6 is 0 Å². The van der Waals surface area contributed by atoms with E-state index in [9.17, 15) is 26.3 Å². The molecule has 0 radical (unpaired) electrons. The van der Waals surface area contributed by atoms with Gasteiger partial charge in [-0.05, 0) is 0 Å². The first kappa shape index (κ1) is 13.5. The molecule has 0 aromatic heterocycles. The zero-order valence-corrected chi connectivity index (χ0v) is 6.71. The zero-order chi connectivity index (χ0) is 11.2. The van der Waals surface area contributed by atoms with Gasteiger partial charge in [-0.25, -0.2) is 0 Å². The maximum absolute atomic E-state index is 11.4. The summed E-state index contributed by atoms with van der Waals surface area (Å²) in [6.07, 6.45) is -9.30. The molecule has 0 rings (SSSR count). The van der Waals surface area contributed by atoms with Crippen molar-refractivity contribution in [2.24, 2.45) is 0 Å². The highest BCUT2D eigenvalue weighted by atomic mass is 19.4. The van der Waals surface area contributed by atoms with Crippen LogP contribution in [0.15, 0.2) is 0 Å². The number of hydroxylamine groups is 1. The Bertz CT molecular complexity index is 137. The molecule has 14 heavy (non-hydrogen) atoms. The Morgan fingerprint density at radius 3 is 2.00 bits per heavy atom. The fraction of sp³-hybridized carbons (Fsp3) is 1.00. The van der Waals surface area contributed by atoms with Crippen LogP contribution in [0, 0.1) is 0 Å². The Hall–Kier alpha value is -0.540. The third-order valence-corrected chi connectivity index (χ3v) is 0.808. The molecular weight excluding hydrogens is 220 g/mol. The van der Waals surface area contributed by atoms with Gasteiger partial charge >= 0.3 is 12.5 Å². The predicted molar refractivity (Wildman–Crippen MR) is 32.0 cm³/mol. The Balaban J connectivity index is 3.23. The van der Waals surface area contributed by atoms with E-state index in [0.717, 1.165) is 0 Å². The molecule has 1 N–H and O–H groups in total. The maximum atomic E-state index is 11.4. The number of hydrogen-bond donors (Lipinski definition) is 1. The largest absolute Gasteiger partial charge is 0.522 e. The van der Waals surface area contributed by atoms with Crippen LogP contribution in [-0.2, 0) is 9.57 Å². The van der Waals surface area contributed by atoms with E-state index in [2.05, 4.69) is 9.57 Å². The third kappa shape index (κ3) is 11.5. The van der Waals surface area contributed by atoms with Crippen LogP contribution in [0.3, 0.4) is 0 Å². The second kappa shape index (κ2) is 5.37. The first-order chi connectivity index (χ1) is 6.21. The van der Waals surface area contributed by atoms with Gasteiger partial charge in [-0.3, -0.25) is 9.57 Å². The van der Waals surface area contributed by atoms with Crippen molar-refractivity contribution in [1.29, 1.82) is 0 Å². The Kier molecular flexibility index (Phi) is 5.16. The van der Waals surface area contributed by atoms with E-state index in [1.165, 1.54) is 0 Å². The van der Waals surface area contributed by atoms with Gasteiger partial charge in [-0.2, -0.15) is 18.7 Å². The molecule has 3 nitrogen and oxygen atoms in total. The van der Waals surface area contributed by atoms with Crippen molar-refractivity contribution >= 4 is 0 Å². The summed E-state index contributed by atoms with van der Waals surface area (Å²) in [6, 6.07) is 0. The summed E-state index contributed by atoms with van der Waals surface area (Å²) >= 11 is 0. The van der Waals surface area contributed by atoms with Gasteiger partial charge in [0, 0.05) is 6.54 Å². The molecule has 0 fully saturated rings.